The zero-order chi connectivity index (χ0) is 13.7. The van der Waals surface area contributed by atoms with Gasteiger partial charge in [0.25, 0.3) is 0 Å². The Balaban J connectivity index is 1.75. The average molecular weight is 262 g/mol. The fraction of sp³-hybridized carbons (Fsp3) is 0.429. The van der Waals surface area contributed by atoms with Crippen molar-refractivity contribution < 1.29 is 14.3 Å². The number of nitrogens with zero attached hydrogens (tertiary/aromatic N) is 2. The van der Waals surface area contributed by atoms with E-state index in [1.54, 1.807) is 24.0 Å². The molecule has 1 heterocycles. The molecule has 102 valence electrons. The van der Waals surface area contributed by atoms with Crippen LogP contribution in [0.2, 0.25) is 0 Å². The molecule has 1 aliphatic rings. The van der Waals surface area contributed by atoms with Gasteiger partial charge in [-0.15, -0.1) is 0 Å². The van der Waals surface area contributed by atoms with Gasteiger partial charge in [-0.25, -0.2) is 4.79 Å². The van der Waals surface area contributed by atoms with Crippen LogP contribution in [0.15, 0.2) is 30.3 Å². The molecule has 0 aromatic heterocycles. The van der Waals surface area contributed by atoms with Crippen LogP contribution in [0.5, 0.6) is 0 Å². The smallest absolute Gasteiger partial charge is 0.339 e. The summed E-state index contributed by atoms with van der Waals surface area (Å²) in [4.78, 5) is 26.8. The molecule has 19 heavy (non-hydrogen) atoms. The van der Waals surface area contributed by atoms with E-state index in [0.29, 0.717) is 18.7 Å². The van der Waals surface area contributed by atoms with Gasteiger partial charge in [0.1, 0.15) is 6.73 Å². The van der Waals surface area contributed by atoms with Crippen molar-refractivity contribution in [2.24, 2.45) is 0 Å². The van der Waals surface area contributed by atoms with E-state index in [1.807, 2.05) is 23.1 Å². The number of hydrogen-bond acceptors (Lipinski definition) is 4. The average Bonchev–Trinajstić information content (AvgIpc) is 2.46. The molecule has 0 unspecified atom stereocenters. The SMILES string of the molecule is CC(=O)N1CCN(COC(=O)c2ccccc2)CC1. The molecule has 0 N–H and O–H groups in total. The summed E-state index contributed by atoms with van der Waals surface area (Å²) in [5.41, 5.74) is 0.560. The summed E-state index contributed by atoms with van der Waals surface area (Å²) in [6, 6.07) is 8.94. The predicted molar refractivity (Wildman–Crippen MR) is 70.6 cm³/mol. The summed E-state index contributed by atoms with van der Waals surface area (Å²) < 4.78 is 5.25. The van der Waals surface area contributed by atoms with Crippen LogP contribution in [-0.2, 0) is 9.53 Å². The minimum absolute atomic E-state index is 0.0981. The molecule has 1 amide bonds. The normalized spacial score (nSPS) is 16.2. The van der Waals surface area contributed by atoms with Crippen molar-refractivity contribution in [1.29, 1.82) is 0 Å². The Bertz CT molecular complexity index is 439. The number of carbonyl (C=O) groups excluding carboxylic acids is 2. The third kappa shape index (κ3) is 3.79. The first-order chi connectivity index (χ1) is 9.16. The van der Waals surface area contributed by atoms with Crippen LogP contribution in [0.25, 0.3) is 0 Å². The second-order valence-electron chi connectivity index (χ2n) is 4.55. The minimum atomic E-state index is -0.311. The van der Waals surface area contributed by atoms with Gasteiger partial charge in [0.05, 0.1) is 5.56 Å². The zero-order valence-corrected chi connectivity index (χ0v) is 11.0. The molecule has 1 saturated heterocycles. The monoisotopic (exact) mass is 262 g/mol. The molecule has 0 spiro atoms. The van der Waals surface area contributed by atoms with Crippen LogP contribution in [0, 0.1) is 0 Å². The number of ether oxygens (including phenoxy) is 1. The molecule has 5 nitrogen and oxygen atoms in total. The fourth-order valence-electron chi connectivity index (χ4n) is 2.00. The predicted octanol–water partition coefficient (Wildman–Crippen LogP) is 0.965. The van der Waals surface area contributed by atoms with Crippen molar-refractivity contribution in [2.45, 2.75) is 6.92 Å². The summed E-state index contributed by atoms with van der Waals surface area (Å²) >= 11 is 0. The largest absolute Gasteiger partial charge is 0.446 e. The number of rotatable bonds is 3. The number of piperazine rings is 1. The lowest BCUT2D eigenvalue weighted by atomic mass is 10.2. The quantitative estimate of drug-likeness (QED) is 0.761. The van der Waals surface area contributed by atoms with E-state index < -0.39 is 0 Å². The van der Waals surface area contributed by atoms with Gasteiger partial charge < -0.3 is 9.64 Å². The van der Waals surface area contributed by atoms with E-state index in [4.69, 9.17) is 4.74 Å². The Labute approximate surface area is 112 Å². The summed E-state index contributed by atoms with van der Waals surface area (Å²) in [6.45, 7) is 4.71. The van der Waals surface area contributed by atoms with Gasteiger partial charge >= 0.3 is 5.97 Å². The van der Waals surface area contributed by atoms with Crippen molar-refractivity contribution in [3.8, 4) is 0 Å². The fourth-order valence-corrected chi connectivity index (χ4v) is 2.00. The van der Waals surface area contributed by atoms with Gasteiger partial charge in [0.15, 0.2) is 0 Å². The molecule has 0 bridgehead atoms. The first-order valence-electron chi connectivity index (χ1n) is 6.37. The molecular weight excluding hydrogens is 244 g/mol. The molecule has 1 aromatic carbocycles. The van der Waals surface area contributed by atoms with Gasteiger partial charge in [-0.1, -0.05) is 18.2 Å². The maximum absolute atomic E-state index is 11.7. The Morgan fingerprint density at radius 3 is 2.32 bits per heavy atom. The van der Waals surface area contributed by atoms with Crippen molar-refractivity contribution in [1.82, 2.24) is 9.80 Å². The Morgan fingerprint density at radius 2 is 1.74 bits per heavy atom. The van der Waals surface area contributed by atoms with Crippen molar-refractivity contribution in [3.05, 3.63) is 35.9 Å². The molecule has 1 fully saturated rings. The Hall–Kier alpha value is -1.88. The summed E-state index contributed by atoms with van der Waals surface area (Å²) in [6.07, 6.45) is 0. The molecule has 0 aliphatic carbocycles. The highest BCUT2D eigenvalue weighted by atomic mass is 16.5. The number of carbonyl (C=O) groups is 2. The standard InChI is InChI=1S/C14H18N2O3/c1-12(17)16-9-7-15(8-10-16)11-19-14(18)13-5-3-2-4-6-13/h2-6H,7-11H2,1H3. The minimum Gasteiger partial charge on any atom is -0.446 e. The van der Waals surface area contributed by atoms with Gasteiger partial charge in [-0.05, 0) is 12.1 Å². The Morgan fingerprint density at radius 1 is 1.11 bits per heavy atom. The number of hydrogen-bond donors (Lipinski definition) is 0. The highest BCUT2D eigenvalue weighted by molar-refractivity contribution is 5.89. The van der Waals surface area contributed by atoms with Gasteiger partial charge in [-0.3, -0.25) is 9.69 Å². The number of amides is 1. The molecule has 5 heteroatoms. The van der Waals surface area contributed by atoms with Crippen LogP contribution in [0.3, 0.4) is 0 Å². The van der Waals surface area contributed by atoms with Crippen molar-refractivity contribution in [2.75, 3.05) is 32.9 Å². The van der Waals surface area contributed by atoms with Crippen LogP contribution >= 0.6 is 0 Å². The summed E-state index contributed by atoms with van der Waals surface area (Å²) in [7, 11) is 0. The van der Waals surface area contributed by atoms with Crippen LogP contribution < -0.4 is 0 Å². The summed E-state index contributed by atoms with van der Waals surface area (Å²) in [5.74, 6) is -0.212. The van der Waals surface area contributed by atoms with E-state index in [9.17, 15) is 9.59 Å². The molecular formula is C14H18N2O3. The van der Waals surface area contributed by atoms with Crippen LogP contribution in [-0.4, -0.2) is 54.6 Å². The first-order valence-corrected chi connectivity index (χ1v) is 6.37. The second kappa shape index (κ2) is 6.33. The Kier molecular flexibility index (Phi) is 4.52. The number of benzene rings is 1. The highest BCUT2D eigenvalue weighted by Gasteiger charge is 2.19. The topological polar surface area (TPSA) is 49.9 Å². The van der Waals surface area contributed by atoms with Crippen LogP contribution in [0.4, 0.5) is 0 Å². The molecule has 1 aliphatic heterocycles. The van der Waals surface area contributed by atoms with E-state index in [-0.39, 0.29) is 18.6 Å². The van der Waals surface area contributed by atoms with E-state index in [2.05, 4.69) is 0 Å². The zero-order valence-electron chi connectivity index (χ0n) is 11.0. The van der Waals surface area contributed by atoms with Gasteiger partial charge in [0.2, 0.25) is 5.91 Å². The first kappa shape index (κ1) is 13.5. The molecule has 0 saturated carbocycles. The van der Waals surface area contributed by atoms with Crippen LogP contribution in [0.1, 0.15) is 17.3 Å². The molecule has 1 aromatic rings. The lowest BCUT2D eigenvalue weighted by molar-refractivity contribution is -0.131. The third-order valence-electron chi connectivity index (χ3n) is 3.21. The van der Waals surface area contributed by atoms with Gasteiger partial charge in [0, 0.05) is 33.1 Å². The lowest BCUT2D eigenvalue weighted by Crippen LogP contribution is -2.48. The number of esters is 1. The molecule has 0 atom stereocenters. The van der Waals surface area contributed by atoms with E-state index >= 15 is 0 Å². The van der Waals surface area contributed by atoms with Crippen molar-refractivity contribution in [3.63, 3.8) is 0 Å². The maximum Gasteiger partial charge on any atom is 0.339 e. The second-order valence-corrected chi connectivity index (χ2v) is 4.55. The molecule has 2 rings (SSSR count). The highest BCUT2D eigenvalue weighted by Crippen LogP contribution is 2.05. The van der Waals surface area contributed by atoms with E-state index in [1.165, 1.54) is 0 Å². The molecule has 0 radical (unpaired) electrons. The third-order valence-corrected chi connectivity index (χ3v) is 3.21. The van der Waals surface area contributed by atoms with Gasteiger partial charge in [-0.2, -0.15) is 0 Å². The van der Waals surface area contributed by atoms with Crippen molar-refractivity contribution >= 4 is 11.9 Å². The lowest BCUT2D eigenvalue weighted by Gasteiger charge is -2.33. The summed E-state index contributed by atoms with van der Waals surface area (Å²) in [5, 5.41) is 0. The maximum atomic E-state index is 11.7. The van der Waals surface area contributed by atoms with E-state index in [0.717, 1.165) is 13.1 Å².